The van der Waals surface area contributed by atoms with Crippen LogP contribution < -0.4 is 5.32 Å². The highest BCUT2D eigenvalue weighted by Gasteiger charge is 2.37. The Morgan fingerprint density at radius 1 is 0.935 bits per heavy atom. The van der Waals surface area contributed by atoms with Gasteiger partial charge in [-0.15, -0.1) is 0 Å². The van der Waals surface area contributed by atoms with E-state index in [1.807, 2.05) is 30.3 Å². The molecule has 0 bridgehead atoms. The molecule has 150 valence electrons. The molecule has 0 spiro atoms. The number of hydrogen-bond acceptors (Lipinski definition) is 3. The van der Waals surface area contributed by atoms with Gasteiger partial charge in [-0.05, 0) is 42.0 Å². The number of nitrogens with zero attached hydrogens (tertiary/aromatic N) is 2. The molecule has 0 unspecified atom stereocenters. The number of para-hydroxylation sites is 1. The second-order valence-electron chi connectivity index (χ2n) is 8.20. The third-order valence-electron chi connectivity index (χ3n) is 6.59. The maximum atomic E-state index is 13.0. The fourth-order valence-electron chi connectivity index (χ4n) is 5.40. The molecule has 0 fully saturated rings. The van der Waals surface area contributed by atoms with E-state index >= 15 is 0 Å². The molecular formula is C26H19N3O2. The lowest BCUT2D eigenvalue weighted by Crippen LogP contribution is -2.20. The maximum absolute atomic E-state index is 13.0. The molecule has 5 heteroatoms. The van der Waals surface area contributed by atoms with Crippen molar-refractivity contribution in [3.05, 3.63) is 70.8 Å². The van der Waals surface area contributed by atoms with Crippen LogP contribution in [0.3, 0.4) is 0 Å². The van der Waals surface area contributed by atoms with E-state index in [0.29, 0.717) is 24.1 Å². The van der Waals surface area contributed by atoms with Gasteiger partial charge >= 0.3 is 0 Å². The van der Waals surface area contributed by atoms with Gasteiger partial charge in [0, 0.05) is 34.8 Å². The standard InChI is InChI=1S/C26H19N3O2/c27-13-5-6-14-29-19-10-4-3-9-17(19)21-23-22(25(30)28-26(23)31)18-12-11-15-7-1-2-8-16(15)20(18)24(21)29/h1-4,7-10H,5-6,11-12,14H2,(H,28,30,31). The highest BCUT2D eigenvalue weighted by Crippen LogP contribution is 2.47. The molecule has 3 aromatic carbocycles. The van der Waals surface area contributed by atoms with E-state index in [-0.39, 0.29) is 11.8 Å². The maximum Gasteiger partial charge on any atom is 0.259 e. The molecule has 0 radical (unpaired) electrons. The van der Waals surface area contributed by atoms with Crippen molar-refractivity contribution in [3.8, 4) is 17.2 Å². The van der Waals surface area contributed by atoms with Gasteiger partial charge in [-0.3, -0.25) is 14.9 Å². The van der Waals surface area contributed by atoms with Gasteiger partial charge in [-0.2, -0.15) is 5.26 Å². The third-order valence-corrected chi connectivity index (χ3v) is 6.59. The predicted molar refractivity (Wildman–Crippen MR) is 119 cm³/mol. The Morgan fingerprint density at radius 2 is 1.71 bits per heavy atom. The Balaban J connectivity index is 1.84. The number of benzene rings is 3. The molecule has 2 aliphatic rings. The zero-order valence-electron chi connectivity index (χ0n) is 16.9. The van der Waals surface area contributed by atoms with Crippen molar-refractivity contribution < 1.29 is 9.59 Å². The first-order chi connectivity index (χ1) is 15.2. The van der Waals surface area contributed by atoms with Gasteiger partial charge in [-0.1, -0.05) is 42.5 Å². The van der Waals surface area contributed by atoms with Crippen LogP contribution in [0.25, 0.3) is 32.9 Å². The van der Waals surface area contributed by atoms with Gasteiger partial charge in [0.05, 0.1) is 22.7 Å². The van der Waals surface area contributed by atoms with E-state index in [0.717, 1.165) is 57.8 Å². The predicted octanol–water partition coefficient (Wildman–Crippen LogP) is 4.75. The number of nitriles is 1. The summed E-state index contributed by atoms with van der Waals surface area (Å²) in [6, 6.07) is 18.6. The minimum atomic E-state index is -0.313. The van der Waals surface area contributed by atoms with Crippen molar-refractivity contribution in [2.24, 2.45) is 0 Å². The molecule has 4 aromatic rings. The summed E-state index contributed by atoms with van der Waals surface area (Å²) in [4.78, 5) is 25.8. The number of nitrogens with one attached hydrogen (secondary N) is 1. The Kier molecular flexibility index (Phi) is 3.78. The Labute approximate surface area is 178 Å². The van der Waals surface area contributed by atoms with E-state index in [1.54, 1.807) is 0 Å². The number of aromatic nitrogens is 1. The minimum absolute atomic E-state index is 0.293. The van der Waals surface area contributed by atoms with E-state index in [2.05, 4.69) is 34.2 Å². The van der Waals surface area contributed by atoms with Gasteiger partial charge in [0.1, 0.15) is 0 Å². The van der Waals surface area contributed by atoms with Crippen LogP contribution in [0.5, 0.6) is 0 Å². The smallest absolute Gasteiger partial charge is 0.259 e. The molecule has 5 nitrogen and oxygen atoms in total. The first-order valence-corrected chi connectivity index (χ1v) is 10.6. The van der Waals surface area contributed by atoms with Crippen molar-refractivity contribution in [1.82, 2.24) is 9.88 Å². The molecule has 6 rings (SSSR count). The normalized spacial score (nSPS) is 14.3. The fraction of sp³-hybridized carbons (Fsp3) is 0.192. The fourth-order valence-corrected chi connectivity index (χ4v) is 5.40. The lowest BCUT2D eigenvalue weighted by atomic mass is 9.80. The topological polar surface area (TPSA) is 74.9 Å². The number of hydrogen-bond donors (Lipinski definition) is 1. The summed E-state index contributed by atoms with van der Waals surface area (Å²) in [5.74, 6) is -0.606. The lowest BCUT2D eigenvalue weighted by molar-refractivity contribution is 0.0880. The molecule has 2 heterocycles. The molecule has 0 saturated heterocycles. The van der Waals surface area contributed by atoms with Gasteiger partial charge in [0.2, 0.25) is 0 Å². The number of unbranched alkanes of at least 4 members (excludes halogenated alkanes) is 1. The van der Waals surface area contributed by atoms with E-state index in [9.17, 15) is 9.59 Å². The summed E-state index contributed by atoms with van der Waals surface area (Å²) < 4.78 is 2.25. The van der Waals surface area contributed by atoms with E-state index < -0.39 is 0 Å². The van der Waals surface area contributed by atoms with Crippen LogP contribution in [-0.4, -0.2) is 16.4 Å². The van der Waals surface area contributed by atoms with Crippen molar-refractivity contribution in [1.29, 1.82) is 5.26 Å². The Bertz CT molecular complexity index is 1490. The highest BCUT2D eigenvalue weighted by atomic mass is 16.2. The van der Waals surface area contributed by atoms with Crippen LogP contribution in [0.1, 0.15) is 44.7 Å². The molecular weight excluding hydrogens is 386 g/mol. The van der Waals surface area contributed by atoms with Crippen molar-refractivity contribution in [3.63, 3.8) is 0 Å². The number of fused-ring (bicyclic) bond motifs is 10. The minimum Gasteiger partial charge on any atom is -0.340 e. The SMILES string of the molecule is N#CCCCn1c2ccccc2c2c3c(c4c(c21)-c1ccccc1CC4)C(=O)NC3=O. The van der Waals surface area contributed by atoms with Crippen LogP contribution in [0.4, 0.5) is 0 Å². The Hall–Kier alpha value is -3.91. The monoisotopic (exact) mass is 405 g/mol. The molecule has 2 amide bonds. The van der Waals surface area contributed by atoms with Gasteiger partial charge in [0.25, 0.3) is 11.8 Å². The number of imide groups is 1. The van der Waals surface area contributed by atoms with Gasteiger partial charge < -0.3 is 4.57 Å². The summed E-state index contributed by atoms with van der Waals surface area (Å²) in [7, 11) is 0. The number of carbonyl (C=O) groups is 2. The average Bonchev–Trinajstić information content (AvgIpc) is 3.27. The number of carbonyl (C=O) groups excluding carboxylic acids is 2. The summed E-state index contributed by atoms with van der Waals surface area (Å²) in [6.07, 6.45) is 2.77. The number of aryl methyl sites for hydroxylation is 2. The lowest BCUT2D eigenvalue weighted by Gasteiger charge is -2.24. The van der Waals surface area contributed by atoms with E-state index in [1.165, 1.54) is 5.56 Å². The van der Waals surface area contributed by atoms with Gasteiger partial charge in [0.15, 0.2) is 0 Å². The first-order valence-electron chi connectivity index (χ1n) is 10.6. The summed E-state index contributed by atoms with van der Waals surface area (Å²) >= 11 is 0. The highest BCUT2D eigenvalue weighted by molar-refractivity contribution is 6.33. The van der Waals surface area contributed by atoms with Crippen molar-refractivity contribution >= 4 is 33.6 Å². The van der Waals surface area contributed by atoms with Crippen LogP contribution in [0, 0.1) is 11.3 Å². The second-order valence-corrected chi connectivity index (χ2v) is 8.20. The molecule has 0 saturated carbocycles. The molecule has 1 aliphatic carbocycles. The van der Waals surface area contributed by atoms with Crippen LogP contribution >= 0.6 is 0 Å². The molecule has 1 N–H and O–H groups in total. The molecule has 1 aliphatic heterocycles. The number of rotatable bonds is 3. The zero-order valence-corrected chi connectivity index (χ0v) is 16.9. The Morgan fingerprint density at radius 3 is 2.58 bits per heavy atom. The van der Waals surface area contributed by atoms with Crippen molar-refractivity contribution in [2.75, 3.05) is 0 Å². The first kappa shape index (κ1) is 17.9. The zero-order chi connectivity index (χ0) is 21.1. The largest absolute Gasteiger partial charge is 0.340 e. The molecule has 1 aromatic heterocycles. The molecule has 31 heavy (non-hydrogen) atoms. The van der Waals surface area contributed by atoms with E-state index in [4.69, 9.17) is 5.26 Å². The second kappa shape index (κ2) is 6.55. The average molecular weight is 405 g/mol. The van der Waals surface area contributed by atoms with Crippen LogP contribution in [0.2, 0.25) is 0 Å². The van der Waals surface area contributed by atoms with Crippen molar-refractivity contribution in [2.45, 2.75) is 32.2 Å². The molecule has 0 atom stereocenters. The van der Waals surface area contributed by atoms with Crippen LogP contribution in [-0.2, 0) is 19.4 Å². The van der Waals surface area contributed by atoms with Gasteiger partial charge in [-0.25, -0.2) is 0 Å². The third kappa shape index (κ3) is 2.36. The van der Waals surface area contributed by atoms with Crippen LogP contribution in [0.15, 0.2) is 48.5 Å². The quantitative estimate of drug-likeness (QED) is 0.395. The summed E-state index contributed by atoms with van der Waals surface area (Å²) in [5, 5.41) is 13.5. The number of amides is 2. The summed E-state index contributed by atoms with van der Waals surface area (Å²) in [5.41, 5.74) is 7.51. The summed E-state index contributed by atoms with van der Waals surface area (Å²) in [6.45, 7) is 0.681.